The number of para-hydroxylation sites is 1. The van der Waals surface area contributed by atoms with Crippen molar-refractivity contribution in [2.45, 2.75) is 19.4 Å². The van der Waals surface area contributed by atoms with Crippen LogP contribution >= 0.6 is 0 Å². The van der Waals surface area contributed by atoms with Gasteiger partial charge in [-0.3, -0.25) is 0 Å². The summed E-state index contributed by atoms with van der Waals surface area (Å²) in [5.74, 6) is 0.518. The maximum atomic E-state index is 9.63. The van der Waals surface area contributed by atoms with Crippen LogP contribution < -0.4 is 10.1 Å². The number of aliphatic hydroxyl groups is 1. The van der Waals surface area contributed by atoms with Crippen LogP contribution in [0.2, 0.25) is 0 Å². The SMILES string of the molecule is CCCNCC(O)COc1ccccc1C#N. The molecule has 0 saturated carbocycles. The number of nitrogens with one attached hydrogen (secondary N) is 1. The molecule has 0 amide bonds. The Labute approximate surface area is 102 Å². The lowest BCUT2D eigenvalue weighted by Gasteiger charge is -2.13. The molecule has 2 N–H and O–H groups in total. The Balaban J connectivity index is 2.37. The molecule has 4 heteroatoms. The molecule has 0 aliphatic heterocycles. The fourth-order valence-corrected chi connectivity index (χ4v) is 1.38. The van der Waals surface area contributed by atoms with E-state index in [-0.39, 0.29) is 6.61 Å². The lowest BCUT2D eigenvalue weighted by molar-refractivity contribution is 0.106. The molecule has 1 atom stereocenters. The van der Waals surface area contributed by atoms with E-state index in [9.17, 15) is 5.11 Å². The van der Waals surface area contributed by atoms with Crippen molar-refractivity contribution in [3.8, 4) is 11.8 Å². The summed E-state index contributed by atoms with van der Waals surface area (Å²) in [7, 11) is 0. The lowest BCUT2D eigenvalue weighted by Crippen LogP contribution is -2.31. The first kappa shape index (κ1) is 13.5. The predicted molar refractivity (Wildman–Crippen MR) is 65.8 cm³/mol. The van der Waals surface area contributed by atoms with E-state index < -0.39 is 6.10 Å². The number of rotatable bonds is 7. The van der Waals surface area contributed by atoms with Gasteiger partial charge in [0, 0.05) is 6.54 Å². The summed E-state index contributed by atoms with van der Waals surface area (Å²) < 4.78 is 5.41. The first-order chi connectivity index (χ1) is 8.27. The van der Waals surface area contributed by atoms with E-state index >= 15 is 0 Å². The Morgan fingerprint density at radius 1 is 1.47 bits per heavy atom. The van der Waals surface area contributed by atoms with Crippen LogP contribution in [0.3, 0.4) is 0 Å². The van der Waals surface area contributed by atoms with Crippen molar-refractivity contribution in [2.24, 2.45) is 0 Å². The zero-order chi connectivity index (χ0) is 12.5. The highest BCUT2D eigenvalue weighted by Crippen LogP contribution is 2.16. The average Bonchev–Trinajstić information content (AvgIpc) is 2.37. The van der Waals surface area contributed by atoms with E-state index in [1.54, 1.807) is 24.3 Å². The van der Waals surface area contributed by atoms with Gasteiger partial charge in [-0.05, 0) is 25.1 Å². The van der Waals surface area contributed by atoms with Gasteiger partial charge in [0.15, 0.2) is 0 Å². The number of benzene rings is 1. The summed E-state index contributed by atoms with van der Waals surface area (Å²) >= 11 is 0. The molecular weight excluding hydrogens is 216 g/mol. The summed E-state index contributed by atoms with van der Waals surface area (Å²) in [6.45, 7) is 3.64. The van der Waals surface area contributed by atoms with Gasteiger partial charge in [0.25, 0.3) is 0 Å². The standard InChI is InChI=1S/C13H18N2O2/c1-2-7-15-9-12(16)10-17-13-6-4-3-5-11(13)8-14/h3-6,12,15-16H,2,7,9-10H2,1H3. The first-order valence-electron chi connectivity index (χ1n) is 5.78. The van der Waals surface area contributed by atoms with E-state index in [2.05, 4.69) is 12.2 Å². The van der Waals surface area contributed by atoms with Gasteiger partial charge >= 0.3 is 0 Å². The predicted octanol–water partition coefficient (Wildman–Crippen LogP) is 1.30. The van der Waals surface area contributed by atoms with Gasteiger partial charge in [-0.25, -0.2) is 0 Å². The Morgan fingerprint density at radius 3 is 2.94 bits per heavy atom. The molecule has 0 bridgehead atoms. The second-order valence-corrected chi connectivity index (χ2v) is 3.78. The van der Waals surface area contributed by atoms with Gasteiger partial charge in [0.2, 0.25) is 0 Å². The molecule has 0 saturated heterocycles. The van der Waals surface area contributed by atoms with Crippen molar-refractivity contribution in [1.82, 2.24) is 5.32 Å². The van der Waals surface area contributed by atoms with Crippen molar-refractivity contribution in [1.29, 1.82) is 5.26 Å². The molecule has 92 valence electrons. The lowest BCUT2D eigenvalue weighted by atomic mass is 10.2. The number of nitriles is 1. The zero-order valence-electron chi connectivity index (χ0n) is 10.0. The molecular formula is C13H18N2O2. The van der Waals surface area contributed by atoms with Crippen LogP contribution in [0.5, 0.6) is 5.75 Å². The van der Waals surface area contributed by atoms with Crippen molar-refractivity contribution < 1.29 is 9.84 Å². The number of hydrogen-bond acceptors (Lipinski definition) is 4. The third-order valence-electron chi connectivity index (χ3n) is 2.25. The average molecular weight is 234 g/mol. The van der Waals surface area contributed by atoms with Gasteiger partial charge in [0.1, 0.15) is 24.5 Å². The highest BCUT2D eigenvalue weighted by Gasteiger charge is 2.06. The molecule has 1 aromatic rings. The van der Waals surface area contributed by atoms with Crippen LogP contribution in [0.4, 0.5) is 0 Å². The molecule has 1 unspecified atom stereocenters. The maximum Gasteiger partial charge on any atom is 0.137 e. The third kappa shape index (κ3) is 4.85. The fraction of sp³-hybridized carbons (Fsp3) is 0.462. The van der Waals surface area contributed by atoms with E-state index in [1.165, 1.54) is 0 Å². The Hall–Kier alpha value is -1.57. The summed E-state index contributed by atoms with van der Waals surface area (Å²) in [5, 5.41) is 21.6. The first-order valence-corrected chi connectivity index (χ1v) is 5.78. The van der Waals surface area contributed by atoms with Crippen LogP contribution in [0.15, 0.2) is 24.3 Å². The molecule has 0 aliphatic rings. The molecule has 4 nitrogen and oxygen atoms in total. The maximum absolute atomic E-state index is 9.63. The van der Waals surface area contributed by atoms with E-state index in [0.717, 1.165) is 13.0 Å². The van der Waals surface area contributed by atoms with E-state index in [0.29, 0.717) is 17.9 Å². The minimum atomic E-state index is -0.562. The number of ether oxygens (including phenoxy) is 1. The van der Waals surface area contributed by atoms with Crippen LogP contribution in [0.25, 0.3) is 0 Å². The number of nitrogens with zero attached hydrogens (tertiary/aromatic N) is 1. The highest BCUT2D eigenvalue weighted by atomic mass is 16.5. The molecule has 1 aromatic carbocycles. The third-order valence-corrected chi connectivity index (χ3v) is 2.25. The second-order valence-electron chi connectivity index (χ2n) is 3.78. The van der Waals surface area contributed by atoms with Gasteiger partial charge in [-0.15, -0.1) is 0 Å². The Morgan fingerprint density at radius 2 is 2.24 bits per heavy atom. The van der Waals surface area contributed by atoms with Crippen molar-refractivity contribution in [3.05, 3.63) is 29.8 Å². The van der Waals surface area contributed by atoms with E-state index in [1.807, 2.05) is 6.07 Å². The zero-order valence-corrected chi connectivity index (χ0v) is 10.0. The topological polar surface area (TPSA) is 65.3 Å². The largest absolute Gasteiger partial charge is 0.489 e. The van der Waals surface area contributed by atoms with Crippen molar-refractivity contribution in [3.63, 3.8) is 0 Å². The minimum absolute atomic E-state index is 0.190. The number of hydrogen-bond donors (Lipinski definition) is 2. The van der Waals surface area contributed by atoms with Crippen LogP contribution in [0, 0.1) is 11.3 Å². The fourth-order valence-electron chi connectivity index (χ4n) is 1.38. The molecule has 0 radical (unpaired) electrons. The van der Waals surface area contributed by atoms with E-state index in [4.69, 9.17) is 10.00 Å². The quantitative estimate of drug-likeness (QED) is 0.698. The van der Waals surface area contributed by atoms with Crippen molar-refractivity contribution in [2.75, 3.05) is 19.7 Å². The highest BCUT2D eigenvalue weighted by molar-refractivity contribution is 5.42. The molecule has 1 rings (SSSR count). The van der Waals surface area contributed by atoms with Gasteiger partial charge in [-0.2, -0.15) is 5.26 Å². The van der Waals surface area contributed by atoms with Crippen molar-refractivity contribution >= 4 is 0 Å². The Kier molecular flexibility index (Phi) is 6.08. The molecule has 0 fully saturated rings. The monoisotopic (exact) mass is 234 g/mol. The van der Waals surface area contributed by atoms with Crippen LogP contribution in [0.1, 0.15) is 18.9 Å². The summed E-state index contributed by atoms with van der Waals surface area (Å²) in [5.41, 5.74) is 0.487. The number of aliphatic hydroxyl groups excluding tert-OH is 1. The molecule has 0 aromatic heterocycles. The Bertz CT molecular complexity index is 374. The molecule has 17 heavy (non-hydrogen) atoms. The molecule has 0 heterocycles. The van der Waals surface area contributed by atoms with Gasteiger partial charge < -0.3 is 15.2 Å². The summed E-state index contributed by atoms with van der Waals surface area (Å²) in [6, 6.07) is 9.05. The summed E-state index contributed by atoms with van der Waals surface area (Å²) in [4.78, 5) is 0. The smallest absolute Gasteiger partial charge is 0.137 e. The molecule has 0 aliphatic carbocycles. The summed E-state index contributed by atoms with van der Waals surface area (Å²) in [6.07, 6.45) is 0.471. The minimum Gasteiger partial charge on any atom is -0.489 e. The van der Waals surface area contributed by atoms with Gasteiger partial charge in [-0.1, -0.05) is 19.1 Å². The van der Waals surface area contributed by atoms with Crippen LogP contribution in [-0.2, 0) is 0 Å². The normalized spacial score (nSPS) is 11.8. The second kappa shape index (κ2) is 7.66. The van der Waals surface area contributed by atoms with Gasteiger partial charge in [0.05, 0.1) is 5.56 Å². The molecule has 0 spiro atoms. The van der Waals surface area contributed by atoms with Crippen LogP contribution in [-0.4, -0.2) is 30.9 Å².